The highest BCUT2D eigenvalue weighted by molar-refractivity contribution is 5.85. The Balaban J connectivity index is 2.26. The molecular formula is C17H20N2. The zero-order valence-corrected chi connectivity index (χ0v) is 11.6. The van der Waals surface area contributed by atoms with Crippen LogP contribution in [0.5, 0.6) is 0 Å². The van der Waals surface area contributed by atoms with E-state index < -0.39 is 0 Å². The lowest BCUT2D eigenvalue weighted by Gasteiger charge is -2.26. The molecule has 0 aliphatic heterocycles. The van der Waals surface area contributed by atoms with Gasteiger partial charge in [-0.25, -0.2) is 0 Å². The zero-order chi connectivity index (χ0) is 13.7. The molecule has 0 saturated carbocycles. The van der Waals surface area contributed by atoms with Gasteiger partial charge in [-0.3, -0.25) is 4.90 Å². The summed E-state index contributed by atoms with van der Waals surface area (Å²) in [6.45, 7) is 6.10. The zero-order valence-electron chi connectivity index (χ0n) is 11.6. The standard InChI is InChI=1S/C17H20N2/c1-14(2)19(12-6-11-18)13-16-9-5-8-15-7-3-4-10-17(15)16/h3-5,7-10,14H,6,12-13H2,1-2H3. The summed E-state index contributed by atoms with van der Waals surface area (Å²) in [6.07, 6.45) is 0.586. The first-order chi connectivity index (χ1) is 9.22. The maximum Gasteiger partial charge on any atom is 0.0635 e. The Labute approximate surface area is 115 Å². The molecule has 0 radical (unpaired) electrons. The summed E-state index contributed by atoms with van der Waals surface area (Å²) in [5.41, 5.74) is 1.34. The van der Waals surface area contributed by atoms with Gasteiger partial charge in [0.2, 0.25) is 0 Å². The molecule has 0 fully saturated rings. The highest BCUT2D eigenvalue weighted by Gasteiger charge is 2.11. The average Bonchev–Trinajstić information content (AvgIpc) is 2.43. The largest absolute Gasteiger partial charge is 0.296 e. The van der Waals surface area contributed by atoms with E-state index in [1.165, 1.54) is 16.3 Å². The molecule has 2 rings (SSSR count). The molecule has 0 spiro atoms. The van der Waals surface area contributed by atoms with Gasteiger partial charge in [-0.15, -0.1) is 0 Å². The van der Waals surface area contributed by atoms with Crippen molar-refractivity contribution in [3.8, 4) is 6.07 Å². The van der Waals surface area contributed by atoms with E-state index in [9.17, 15) is 0 Å². The summed E-state index contributed by atoms with van der Waals surface area (Å²) in [6, 6.07) is 17.6. The number of nitrogens with zero attached hydrogens (tertiary/aromatic N) is 2. The molecule has 0 saturated heterocycles. The molecule has 0 atom stereocenters. The molecule has 2 aromatic rings. The molecule has 2 nitrogen and oxygen atoms in total. The molecule has 0 aliphatic rings. The van der Waals surface area contributed by atoms with Gasteiger partial charge in [0.05, 0.1) is 6.07 Å². The van der Waals surface area contributed by atoms with Gasteiger partial charge in [-0.1, -0.05) is 42.5 Å². The SMILES string of the molecule is CC(C)N(CCC#N)Cc1cccc2ccccc12. The fourth-order valence-electron chi connectivity index (χ4n) is 2.36. The molecule has 0 amide bonds. The molecule has 0 N–H and O–H groups in total. The van der Waals surface area contributed by atoms with Crippen LogP contribution in [-0.2, 0) is 6.54 Å². The molecule has 0 bridgehead atoms. The third kappa shape index (κ3) is 3.33. The summed E-state index contributed by atoms with van der Waals surface area (Å²) in [5.74, 6) is 0. The van der Waals surface area contributed by atoms with Crippen molar-refractivity contribution in [1.82, 2.24) is 4.90 Å². The van der Waals surface area contributed by atoms with Gasteiger partial charge in [0.25, 0.3) is 0 Å². The predicted molar refractivity (Wildman–Crippen MR) is 79.7 cm³/mol. The van der Waals surface area contributed by atoms with Gasteiger partial charge in [0, 0.05) is 25.6 Å². The first kappa shape index (κ1) is 13.6. The summed E-state index contributed by atoms with van der Waals surface area (Å²) in [4.78, 5) is 2.35. The van der Waals surface area contributed by atoms with Crippen LogP contribution in [0, 0.1) is 11.3 Å². The van der Waals surface area contributed by atoms with Crippen LogP contribution in [0.4, 0.5) is 0 Å². The van der Waals surface area contributed by atoms with Crippen LogP contribution in [0.3, 0.4) is 0 Å². The van der Waals surface area contributed by atoms with E-state index in [0.717, 1.165) is 13.1 Å². The third-order valence-corrected chi connectivity index (χ3v) is 3.49. The highest BCUT2D eigenvalue weighted by atomic mass is 15.1. The fraction of sp³-hybridized carbons (Fsp3) is 0.353. The van der Waals surface area contributed by atoms with Crippen LogP contribution in [-0.4, -0.2) is 17.5 Å². The minimum atomic E-state index is 0.451. The van der Waals surface area contributed by atoms with Gasteiger partial charge in [0.1, 0.15) is 0 Å². The summed E-state index contributed by atoms with van der Waals surface area (Å²) in [7, 11) is 0. The Morgan fingerprint density at radius 1 is 1.11 bits per heavy atom. The predicted octanol–water partition coefficient (Wildman–Crippen LogP) is 3.96. The molecule has 2 aromatic carbocycles. The van der Waals surface area contributed by atoms with E-state index in [2.05, 4.69) is 67.3 Å². The minimum Gasteiger partial charge on any atom is -0.296 e. The second kappa shape index (κ2) is 6.36. The Morgan fingerprint density at radius 2 is 1.84 bits per heavy atom. The van der Waals surface area contributed by atoms with Crippen LogP contribution in [0.25, 0.3) is 10.8 Å². The summed E-state index contributed by atoms with van der Waals surface area (Å²) < 4.78 is 0. The van der Waals surface area contributed by atoms with Gasteiger partial charge < -0.3 is 0 Å². The quantitative estimate of drug-likeness (QED) is 0.805. The van der Waals surface area contributed by atoms with E-state index >= 15 is 0 Å². The van der Waals surface area contributed by atoms with E-state index in [-0.39, 0.29) is 0 Å². The van der Waals surface area contributed by atoms with Crippen molar-refractivity contribution < 1.29 is 0 Å². The Kier molecular flexibility index (Phi) is 4.54. The number of fused-ring (bicyclic) bond motifs is 1. The first-order valence-electron chi connectivity index (χ1n) is 6.80. The van der Waals surface area contributed by atoms with E-state index in [1.807, 2.05) is 0 Å². The maximum absolute atomic E-state index is 8.76. The van der Waals surface area contributed by atoms with E-state index in [0.29, 0.717) is 12.5 Å². The number of rotatable bonds is 5. The van der Waals surface area contributed by atoms with E-state index in [4.69, 9.17) is 5.26 Å². The Bertz CT molecular complexity index is 576. The monoisotopic (exact) mass is 252 g/mol. The van der Waals surface area contributed by atoms with Crippen molar-refractivity contribution in [3.05, 3.63) is 48.0 Å². The van der Waals surface area contributed by atoms with Crippen molar-refractivity contribution in [2.75, 3.05) is 6.54 Å². The third-order valence-electron chi connectivity index (χ3n) is 3.49. The van der Waals surface area contributed by atoms with E-state index in [1.54, 1.807) is 0 Å². The van der Waals surface area contributed by atoms with Crippen LogP contribution in [0.1, 0.15) is 25.8 Å². The molecule has 0 aliphatic carbocycles. The molecule has 19 heavy (non-hydrogen) atoms. The van der Waals surface area contributed by atoms with Crippen molar-refractivity contribution in [2.45, 2.75) is 32.9 Å². The Hall–Kier alpha value is -1.85. The van der Waals surface area contributed by atoms with Crippen molar-refractivity contribution in [3.63, 3.8) is 0 Å². The van der Waals surface area contributed by atoms with Crippen molar-refractivity contribution >= 4 is 10.8 Å². The molecule has 0 unspecified atom stereocenters. The minimum absolute atomic E-state index is 0.451. The lowest BCUT2D eigenvalue weighted by Crippen LogP contribution is -2.31. The van der Waals surface area contributed by atoms with Gasteiger partial charge >= 0.3 is 0 Å². The van der Waals surface area contributed by atoms with Crippen LogP contribution in [0.15, 0.2) is 42.5 Å². The number of nitriles is 1. The van der Waals surface area contributed by atoms with Crippen molar-refractivity contribution in [1.29, 1.82) is 5.26 Å². The van der Waals surface area contributed by atoms with Crippen LogP contribution < -0.4 is 0 Å². The highest BCUT2D eigenvalue weighted by Crippen LogP contribution is 2.20. The topological polar surface area (TPSA) is 27.0 Å². The normalized spacial score (nSPS) is 11.1. The number of hydrogen-bond acceptors (Lipinski definition) is 2. The molecule has 0 aromatic heterocycles. The van der Waals surface area contributed by atoms with Gasteiger partial charge in [-0.2, -0.15) is 5.26 Å². The Morgan fingerprint density at radius 3 is 2.58 bits per heavy atom. The summed E-state index contributed by atoms with van der Waals surface area (Å²) in [5, 5.41) is 11.4. The maximum atomic E-state index is 8.76. The lowest BCUT2D eigenvalue weighted by atomic mass is 10.0. The molecule has 0 heterocycles. The number of benzene rings is 2. The van der Waals surface area contributed by atoms with Crippen LogP contribution in [0.2, 0.25) is 0 Å². The van der Waals surface area contributed by atoms with Gasteiger partial charge in [0.15, 0.2) is 0 Å². The first-order valence-corrected chi connectivity index (χ1v) is 6.80. The molecule has 2 heteroatoms. The van der Waals surface area contributed by atoms with Crippen LogP contribution >= 0.6 is 0 Å². The molecular weight excluding hydrogens is 232 g/mol. The van der Waals surface area contributed by atoms with Crippen molar-refractivity contribution in [2.24, 2.45) is 0 Å². The molecule has 98 valence electrons. The second-order valence-electron chi connectivity index (χ2n) is 5.11. The second-order valence-corrected chi connectivity index (χ2v) is 5.11. The van der Waals surface area contributed by atoms with Gasteiger partial charge in [-0.05, 0) is 30.2 Å². The number of hydrogen-bond donors (Lipinski definition) is 0. The lowest BCUT2D eigenvalue weighted by molar-refractivity contribution is 0.218. The fourth-order valence-corrected chi connectivity index (χ4v) is 2.36. The summed E-state index contributed by atoms with van der Waals surface area (Å²) >= 11 is 0. The average molecular weight is 252 g/mol. The smallest absolute Gasteiger partial charge is 0.0635 e.